The van der Waals surface area contributed by atoms with Gasteiger partial charge in [-0.1, -0.05) is 0 Å². The predicted octanol–water partition coefficient (Wildman–Crippen LogP) is 2.46. The minimum atomic E-state index is -0.234. The van der Waals surface area contributed by atoms with Gasteiger partial charge in [0, 0.05) is 37.6 Å². The zero-order chi connectivity index (χ0) is 17.3. The monoisotopic (exact) mass is 326 g/mol. The highest BCUT2D eigenvalue weighted by molar-refractivity contribution is 5.98. The van der Waals surface area contributed by atoms with Crippen molar-refractivity contribution < 1.29 is 9.21 Å². The van der Waals surface area contributed by atoms with Gasteiger partial charge in [-0.25, -0.2) is 0 Å². The summed E-state index contributed by atoms with van der Waals surface area (Å²) in [7, 11) is 0. The summed E-state index contributed by atoms with van der Waals surface area (Å²) in [6.07, 6.45) is 4.50. The van der Waals surface area contributed by atoms with Crippen LogP contribution in [-0.2, 0) is 0 Å². The van der Waals surface area contributed by atoms with Gasteiger partial charge in [0.25, 0.3) is 5.91 Å². The van der Waals surface area contributed by atoms with E-state index < -0.39 is 0 Å². The first-order valence-corrected chi connectivity index (χ1v) is 8.23. The Morgan fingerprint density at radius 1 is 1.42 bits per heavy atom. The van der Waals surface area contributed by atoms with Crippen LogP contribution in [0.4, 0.5) is 0 Å². The lowest BCUT2D eigenvalue weighted by atomic mass is 10.1. The zero-order valence-electron chi connectivity index (χ0n) is 14.2. The molecular weight excluding hydrogens is 304 g/mol. The molecule has 6 nitrogen and oxygen atoms in total. The van der Waals surface area contributed by atoms with Crippen molar-refractivity contribution in [2.75, 3.05) is 13.1 Å². The molecular formula is C18H22N4O2. The number of hydrogen-bond acceptors (Lipinski definition) is 4. The Morgan fingerprint density at radius 2 is 2.12 bits per heavy atom. The van der Waals surface area contributed by atoms with Crippen LogP contribution in [0.1, 0.15) is 41.9 Å². The van der Waals surface area contributed by atoms with E-state index in [1.165, 1.54) is 0 Å². The fraction of sp³-hybridized carbons (Fsp3) is 0.444. The van der Waals surface area contributed by atoms with Crippen LogP contribution >= 0.6 is 0 Å². The molecule has 0 saturated carbocycles. The summed E-state index contributed by atoms with van der Waals surface area (Å²) in [5.41, 5.74) is 0.615. The number of furan rings is 1. The van der Waals surface area contributed by atoms with Crippen molar-refractivity contribution >= 4 is 5.91 Å². The van der Waals surface area contributed by atoms with Gasteiger partial charge in [0.2, 0.25) is 5.88 Å². The summed E-state index contributed by atoms with van der Waals surface area (Å²) in [6.45, 7) is 7.85. The first-order valence-electron chi connectivity index (χ1n) is 8.23. The van der Waals surface area contributed by atoms with Gasteiger partial charge in [0.15, 0.2) is 0 Å². The van der Waals surface area contributed by atoms with E-state index in [0.29, 0.717) is 23.2 Å². The number of nitriles is 1. The Morgan fingerprint density at radius 3 is 2.71 bits per heavy atom. The molecule has 0 aliphatic carbocycles. The van der Waals surface area contributed by atoms with Crippen LogP contribution < -0.4 is 5.32 Å². The molecule has 6 heteroatoms. The van der Waals surface area contributed by atoms with Crippen LogP contribution in [0.3, 0.4) is 0 Å². The SMILES string of the molecule is Cc1oc(-n2cccc2)c(C#N)c1C(=O)NC1CCN(C(C)C)C1. The maximum atomic E-state index is 12.7. The molecule has 1 aliphatic heterocycles. The fourth-order valence-electron chi connectivity index (χ4n) is 3.19. The summed E-state index contributed by atoms with van der Waals surface area (Å²) in [5.74, 6) is 0.619. The average Bonchev–Trinajstić information content (AvgIpc) is 3.25. The van der Waals surface area contributed by atoms with E-state index in [2.05, 4.69) is 30.1 Å². The second-order valence-corrected chi connectivity index (χ2v) is 6.46. The molecule has 0 aromatic carbocycles. The van der Waals surface area contributed by atoms with Gasteiger partial charge in [0.05, 0.1) is 0 Å². The topological polar surface area (TPSA) is 74.2 Å². The molecule has 1 saturated heterocycles. The average molecular weight is 326 g/mol. The normalized spacial score (nSPS) is 18.0. The van der Waals surface area contributed by atoms with Crippen molar-refractivity contribution in [3.8, 4) is 12.0 Å². The highest BCUT2D eigenvalue weighted by Crippen LogP contribution is 2.26. The molecule has 1 amide bonds. The Balaban J connectivity index is 1.82. The number of aryl methyl sites for hydroxylation is 1. The molecule has 3 rings (SSSR count). The standard InChI is InChI=1S/C18H22N4O2/c1-12(2)22-9-6-14(11-22)20-17(23)16-13(3)24-18(15(16)10-19)21-7-4-5-8-21/h4-5,7-8,12,14H,6,9,11H2,1-3H3,(H,20,23). The molecule has 1 aliphatic rings. The van der Waals surface area contributed by atoms with Crippen molar-refractivity contribution in [1.29, 1.82) is 5.26 Å². The van der Waals surface area contributed by atoms with Gasteiger partial charge < -0.3 is 9.73 Å². The van der Waals surface area contributed by atoms with Crippen LogP contribution in [0.2, 0.25) is 0 Å². The van der Waals surface area contributed by atoms with Gasteiger partial charge >= 0.3 is 0 Å². The number of nitrogens with one attached hydrogen (secondary N) is 1. The lowest BCUT2D eigenvalue weighted by Gasteiger charge is -2.20. The predicted molar refractivity (Wildman–Crippen MR) is 90.1 cm³/mol. The quantitative estimate of drug-likeness (QED) is 0.936. The first kappa shape index (κ1) is 16.3. The molecule has 0 spiro atoms. The van der Waals surface area contributed by atoms with E-state index in [0.717, 1.165) is 19.5 Å². The number of carbonyl (C=O) groups excluding carboxylic acids is 1. The van der Waals surface area contributed by atoms with Gasteiger partial charge in [0.1, 0.15) is 23.0 Å². The summed E-state index contributed by atoms with van der Waals surface area (Å²) < 4.78 is 7.40. The van der Waals surface area contributed by atoms with E-state index in [-0.39, 0.29) is 17.5 Å². The summed E-state index contributed by atoms with van der Waals surface area (Å²) in [4.78, 5) is 15.0. The third-order valence-corrected chi connectivity index (χ3v) is 4.53. The number of likely N-dealkylation sites (tertiary alicyclic amines) is 1. The Bertz CT molecular complexity index is 768. The maximum Gasteiger partial charge on any atom is 0.256 e. The van der Waals surface area contributed by atoms with E-state index >= 15 is 0 Å². The molecule has 1 fully saturated rings. The lowest BCUT2D eigenvalue weighted by Crippen LogP contribution is -2.38. The summed E-state index contributed by atoms with van der Waals surface area (Å²) in [6, 6.07) is 6.39. The van der Waals surface area contributed by atoms with Gasteiger partial charge in [-0.2, -0.15) is 5.26 Å². The van der Waals surface area contributed by atoms with E-state index in [1.807, 2.05) is 12.1 Å². The van der Waals surface area contributed by atoms with Gasteiger partial charge in [-0.05, 0) is 39.3 Å². The van der Waals surface area contributed by atoms with Crippen LogP contribution in [0.5, 0.6) is 0 Å². The number of amides is 1. The molecule has 0 radical (unpaired) electrons. The number of nitrogens with zero attached hydrogens (tertiary/aromatic N) is 3. The molecule has 126 valence electrons. The molecule has 1 N–H and O–H groups in total. The highest BCUT2D eigenvalue weighted by Gasteiger charge is 2.29. The third kappa shape index (κ3) is 2.95. The van der Waals surface area contributed by atoms with Crippen molar-refractivity contribution in [3.63, 3.8) is 0 Å². The van der Waals surface area contributed by atoms with E-state index in [9.17, 15) is 10.1 Å². The molecule has 1 atom stereocenters. The molecule has 2 aromatic rings. The lowest BCUT2D eigenvalue weighted by molar-refractivity contribution is 0.0935. The minimum absolute atomic E-state index is 0.107. The van der Waals surface area contributed by atoms with E-state index in [1.54, 1.807) is 23.9 Å². The maximum absolute atomic E-state index is 12.7. The molecule has 1 unspecified atom stereocenters. The largest absolute Gasteiger partial charge is 0.443 e. The molecule has 0 bridgehead atoms. The van der Waals surface area contributed by atoms with Crippen LogP contribution in [0.25, 0.3) is 5.88 Å². The second kappa shape index (κ2) is 6.54. The zero-order valence-corrected chi connectivity index (χ0v) is 14.2. The fourth-order valence-corrected chi connectivity index (χ4v) is 3.19. The highest BCUT2D eigenvalue weighted by atomic mass is 16.4. The van der Waals surface area contributed by atoms with Crippen LogP contribution in [-0.4, -0.2) is 40.5 Å². The molecule has 24 heavy (non-hydrogen) atoms. The number of rotatable bonds is 4. The Kier molecular flexibility index (Phi) is 4.45. The number of carbonyl (C=O) groups is 1. The molecule has 2 aromatic heterocycles. The number of aromatic nitrogens is 1. The van der Waals surface area contributed by atoms with Gasteiger partial charge in [-0.15, -0.1) is 0 Å². The van der Waals surface area contributed by atoms with Crippen LogP contribution in [0, 0.1) is 18.3 Å². The molecule has 3 heterocycles. The summed E-state index contributed by atoms with van der Waals surface area (Å²) >= 11 is 0. The van der Waals surface area contributed by atoms with E-state index in [4.69, 9.17) is 4.42 Å². The number of hydrogen-bond donors (Lipinski definition) is 1. The third-order valence-electron chi connectivity index (χ3n) is 4.53. The Hall–Kier alpha value is -2.52. The Labute approximate surface area is 141 Å². The van der Waals surface area contributed by atoms with Crippen molar-refractivity contribution in [2.24, 2.45) is 0 Å². The van der Waals surface area contributed by atoms with Gasteiger partial charge in [-0.3, -0.25) is 14.3 Å². The first-order chi connectivity index (χ1) is 11.5. The van der Waals surface area contributed by atoms with Crippen molar-refractivity contribution in [1.82, 2.24) is 14.8 Å². The van der Waals surface area contributed by atoms with Crippen molar-refractivity contribution in [2.45, 2.75) is 39.3 Å². The summed E-state index contributed by atoms with van der Waals surface area (Å²) in [5, 5.41) is 12.6. The minimum Gasteiger partial charge on any atom is -0.443 e. The second-order valence-electron chi connectivity index (χ2n) is 6.46. The van der Waals surface area contributed by atoms with Crippen LogP contribution in [0.15, 0.2) is 28.9 Å². The smallest absolute Gasteiger partial charge is 0.256 e. The van der Waals surface area contributed by atoms with Crippen molar-refractivity contribution in [3.05, 3.63) is 41.4 Å².